The number of fused-ring (bicyclic) bond motifs is 1. The molecule has 0 saturated carbocycles. The quantitative estimate of drug-likeness (QED) is 0.538. The maximum atomic E-state index is 13.9. The molecule has 1 N–H and O–H groups in total. The number of hydrogen-bond donors (Lipinski definition) is 1. The smallest absolute Gasteiger partial charge is 0.261 e. The first-order chi connectivity index (χ1) is 12.5. The van der Waals surface area contributed by atoms with Gasteiger partial charge in [-0.3, -0.25) is 4.79 Å². The van der Waals surface area contributed by atoms with Crippen molar-refractivity contribution in [2.24, 2.45) is 0 Å². The predicted molar refractivity (Wildman–Crippen MR) is 92.7 cm³/mol. The van der Waals surface area contributed by atoms with Crippen LogP contribution in [0.3, 0.4) is 0 Å². The molecule has 6 nitrogen and oxygen atoms in total. The van der Waals surface area contributed by atoms with Gasteiger partial charge in [0, 0.05) is 16.7 Å². The first-order valence-corrected chi connectivity index (χ1v) is 8.16. The highest BCUT2D eigenvalue weighted by Crippen LogP contribution is 2.28. The summed E-state index contributed by atoms with van der Waals surface area (Å²) in [6.07, 6.45) is 4.35. The minimum absolute atomic E-state index is 0.0871. The second kappa shape index (κ2) is 6.34. The van der Waals surface area contributed by atoms with Crippen molar-refractivity contribution in [3.63, 3.8) is 0 Å². The van der Waals surface area contributed by atoms with E-state index in [9.17, 15) is 13.6 Å². The fourth-order valence-electron chi connectivity index (χ4n) is 2.51. The molecule has 4 aromatic rings. The van der Waals surface area contributed by atoms with Crippen LogP contribution in [0.15, 0.2) is 57.9 Å². The molecule has 0 radical (unpaired) electrons. The molecule has 130 valence electrons. The van der Waals surface area contributed by atoms with Gasteiger partial charge >= 0.3 is 0 Å². The van der Waals surface area contributed by atoms with Crippen molar-refractivity contribution in [3.8, 4) is 11.5 Å². The van der Waals surface area contributed by atoms with E-state index in [1.54, 1.807) is 18.2 Å². The van der Waals surface area contributed by atoms with Crippen molar-refractivity contribution in [2.75, 3.05) is 5.32 Å². The molecule has 0 atom stereocenters. The van der Waals surface area contributed by atoms with E-state index in [-0.39, 0.29) is 21.4 Å². The summed E-state index contributed by atoms with van der Waals surface area (Å²) < 4.78 is 34.0. The van der Waals surface area contributed by atoms with Gasteiger partial charge in [-0.25, -0.2) is 18.3 Å². The standard InChI is InChI=1S/C17H9BrF2N4O2/c18-11-6-9(19)7-12(20)15(11)23-17(25)10-8-22-24-13(3-4-21-16(10)24)14-2-1-5-26-14/h1-8H,(H,23,25). The Labute approximate surface area is 153 Å². The van der Waals surface area contributed by atoms with Crippen molar-refractivity contribution in [2.45, 2.75) is 0 Å². The number of amides is 1. The monoisotopic (exact) mass is 418 g/mol. The highest BCUT2D eigenvalue weighted by molar-refractivity contribution is 9.10. The summed E-state index contributed by atoms with van der Waals surface area (Å²) in [5.41, 5.74) is 0.843. The Bertz CT molecular complexity index is 1100. The molecule has 0 spiro atoms. The summed E-state index contributed by atoms with van der Waals surface area (Å²) >= 11 is 3.03. The zero-order valence-corrected chi connectivity index (χ0v) is 14.5. The topological polar surface area (TPSA) is 72.4 Å². The molecule has 0 aliphatic heterocycles. The summed E-state index contributed by atoms with van der Waals surface area (Å²) in [6, 6.07) is 6.91. The van der Waals surface area contributed by atoms with Crippen molar-refractivity contribution >= 4 is 33.2 Å². The molecule has 1 aromatic carbocycles. The second-order valence-corrected chi connectivity index (χ2v) is 6.15. The van der Waals surface area contributed by atoms with Crippen LogP contribution in [0.1, 0.15) is 10.4 Å². The summed E-state index contributed by atoms with van der Waals surface area (Å²) in [5, 5.41) is 6.57. The van der Waals surface area contributed by atoms with Gasteiger partial charge in [0.25, 0.3) is 5.91 Å². The third-order valence-corrected chi connectivity index (χ3v) is 4.29. The van der Waals surface area contributed by atoms with Gasteiger partial charge in [-0.1, -0.05) is 0 Å². The van der Waals surface area contributed by atoms with Gasteiger partial charge in [0.1, 0.15) is 17.1 Å². The number of benzene rings is 1. The first kappa shape index (κ1) is 16.4. The molecule has 0 saturated heterocycles. The highest BCUT2D eigenvalue weighted by atomic mass is 79.9. The maximum absolute atomic E-state index is 13.9. The van der Waals surface area contributed by atoms with Gasteiger partial charge in [0.15, 0.2) is 17.2 Å². The van der Waals surface area contributed by atoms with Crippen LogP contribution in [0, 0.1) is 11.6 Å². The van der Waals surface area contributed by atoms with Gasteiger partial charge in [-0.2, -0.15) is 5.10 Å². The van der Waals surface area contributed by atoms with Crippen molar-refractivity contribution in [1.29, 1.82) is 0 Å². The zero-order chi connectivity index (χ0) is 18.3. The fourth-order valence-corrected chi connectivity index (χ4v) is 3.01. The Morgan fingerprint density at radius 1 is 1.27 bits per heavy atom. The van der Waals surface area contributed by atoms with Crippen molar-refractivity contribution in [1.82, 2.24) is 14.6 Å². The van der Waals surface area contributed by atoms with Gasteiger partial charge in [0.2, 0.25) is 0 Å². The fraction of sp³-hybridized carbons (Fsp3) is 0. The van der Waals surface area contributed by atoms with Crippen molar-refractivity contribution in [3.05, 3.63) is 70.7 Å². The van der Waals surface area contributed by atoms with Crippen LogP contribution >= 0.6 is 15.9 Å². The molecule has 9 heteroatoms. The average Bonchev–Trinajstić information content (AvgIpc) is 3.27. The van der Waals surface area contributed by atoms with E-state index in [0.29, 0.717) is 17.5 Å². The summed E-state index contributed by atoms with van der Waals surface area (Å²) in [7, 11) is 0. The van der Waals surface area contributed by atoms with Gasteiger partial charge < -0.3 is 9.73 Å². The minimum Gasteiger partial charge on any atom is -0.463 e. The molecule has 0 bridgehead atoms. The lowest BCUT2D eigenvalue weighted by molar-refractivity contribution is 0.102. The number of nitrogens with zero attached hydrogens (tertiary/aromatic N) is 3. The number of nitrogens with one attached hydrogen (secondary N) is 1. The number of carbonyl (C=O) groups excluding carboxylic acids is 1. The van der Waals surface area contributed by atoms with E-state index in [0.717, 1.165) is 6.07 Å². The van der Waals surface area contributed by atoms with Crippen LogP contribution in [0.4, 0.5) is 14.5 Å². The highest BCUT2D eigenvalue weighted by Gasteiger charge is 2.19. The number of aromatic nitrogens is 3. The summed E-state index contributed by atoms with van der Waals surface area (Å²) in [4.78, 5) is 16.7. The van der Waals surface area contributed by atoms with Crippen LogP contribution in [0.25, 0.3) is 17.1 Å². The Kier molecular flexibility index (Phi) is 4.00. The lowest BCUT2D eigenvalue weighted by atomic mass is 10.2. The first-order valence-electron chi connectivity index (χ1n) is 7.37. The summed E-state index contributed by atoms with van der Waals surface area (Å²) in [6.45, 7) is 0. The zero-order valence-electron chi connectivity index (χ0n) is 12.9. The number of hydrogen-bond acceptors (Lipinski definition) is 4. The van der Waals surface area contributed by atoms with Crippen LogP contribution in [-0.2, 0) is 0 Å². The normalized spacial score (nSPS) is 11.0. The van der Waals surface area contributed by atoms with Gasteiger partial charge in [0.05, 0.1) is 18.1 Å². The Hall–Kier alpha value is -3.07. The van der Waals surface area contributed by atoms with Crippen LogP contribution in [-0.4, -0.2) is 20.5 Å². The number of anilines is 1. The van der Waals surface area contributed by atoms with Crippen molar-refractivity contribution < 1.29 is 18.0 Å². The minimum atomic E-state index is -0.897. The molecular formula is C17H9BrF2N4O2. The van der Waals surface area contributed by atoms with E-state index < -0.39 is 17.5 Å². The van der Waals surface area contributed by atoms with Gasteiger partial charge in [-0.05, 0) is 40.2 Å². The molecule has 0 aliphatic carbocycles. The predicted octanol–water partition coefficient (Wildman–Crippen LogP) is 4.28. The van der Waals surface area contributed by atoms with E-state index in [2.05, 4.69) is 31.3 Å². The molecule has 0 unspecified atom stereocenters. The second-order valence-electron chi connectivity index (χ2n) is 5.30. The maximum Gasteiger partial charge on any atom is 0.261 e. The van der Waals surface area contributed by atoms with E-state index >= 15 is 0 Å². The Balaban J connectivity index is 1.74. The van der Waals surface area contributed by atoms with Crippen LogP contribution in [0.5, 0.6) is 0 Å². The number of rotatable bonds is 3. The summed E-state index contributed by atoms with van der Waals surface area (Å²) in [5.74, 6) is -1.73. The molecule has 4 rings (SSSR count). The molecule has 1 amide bonds. The third-order valence-electron chi connectivity index (χ3n) is 3.66. The van der Waals surface area contributed by atoms with E-state index in [1.165, 1.54) is 23.2 Å². The Morgan fingerprint density at radius 3 is 2.85 bits per heavy atom. The SMILES string of the molecule is O=C(Nc1c(F)cc(F)cc1Br)c1cnn2c(-c3ccco3)ccnc12. The molecule has 3 heterocycles. The molecule has 0 aliphatic rings. The number of furan rings is 1. The largest absolute Gasteiger partial charge is 0.463 e. The molecular weight excluding hydrogens is 410 g/mol. The molecule has 26 heavy (non-hydrogen) atoms. The third kappa shape index (κ3) is 2.76. The van der Waals surface area contributed by atoms with Crippen LogP contribution in [0.2, 0.25) is 0 Å². The number of carbonyl (C=O) groups is 1. The average molecular weight is 419 g/mol. The lowest BCUT2D eigenvalue weighted by Crippen LogP contribution is -2.14. The van der Waals surface area contributed by atoms with E-state index in [1.807, 2.05) is 0 Å². The van der Waals surface area contributed by atoms with Crippen LogP contribution < -0.4 is 5.32 Å². The molecule has 0 fully saturated rings. The molecule has 3 aromatic heterocycles. The van der Waals surface area contributed by atoms with E-state index in [4.69, 9.17) is 4.42 Å². The lowest BCUT2D eigenvalue weighted by Gasteiger charge is -2.08. The Morgan fingerprint density at radius 2 is 2.12 bits per heavy atom. The van der Waals surface area contributed by atoms with Gasteiger partial charge in [-0.15, -0.1) is 0 Å². The number of halogens is 3.